The number of rotatable bonds is 3. The molecular formula is C11H9ClN4O3. The van der Waals surface area contributed by atoms with Crippen molar-refractivity contribution in [2.24, 2.45) is 0 Å². The van der Waals surface area contributed by atoms with Crippen molar-refractivity contribution in [3.63, 3.8) is 0 Å². The number of hydrogen-bond acceptors (Lipinski definition) is 6. The molecule has 2 rings (SSSR count). The maximum Gasteiger partial charge on any atom is 0.372 e. The molecule has 19 heavy (non-hydrogen) atoms. The van der Waals surface area contributed by atoms with Gasteiger partial charge in [-0.3, -0.25) is 10.1 Å². The summed E-state index contributed by atoms with van der Waals surface area (Å²) >= 11 is 5.82. The van der Waals surface area contributed by atoms with Gasteiger partial charge in [0.25, 0.3) is 0 Å². The number of ether oxygens (including phenoxy) is 1. The average Bonchev–Trinajstić information content (AvgIpc) is 2.32. The van der Waals surface area contributed by atoms with Crippen LogP contribution in [0.3, 0.4) is 0 Å². The number of nitro groups is 1. The van der Waals surface area contributed by atoms with Gasteiger partial charge >= 0.3 is 11.6 Å². The molecule has 0 spiro atoms. The van der Waals surface area contributed by atoms with E-state index in [0.29, 0.717) is 10.8 Å². The molecule has 0 bridgehead atoms. The summed E-state index contributed by atoms with van der Waals surface area (Å²) < 4.78 is 5.41. The van der Waals surface area contributed by atoms with Gasteiger partial charge in [-0.25, -0.2) is 4.98 Å². The fraction of sp³-hybridized carbons (Fsp3) is 0.0909. The Kier molecular flexibility index (Phi) is 3.48. The minimum atomic E-state index is -0.685. The van der Waals surface area contributed by atoms with Gasteiger partial charge in [-0.05, 0) is 30.7 Å². The maximum atomic E-state index is 10.9. The first-order chi connectivity index (χ1) is 8.99. The second kappa shape index (κ2) is 5.07. The average molecular weight is 281 g/mol. The van der Waals surface area contributed by atoms with Crippen molar-refractivity contribution in [1.82, 2.24) is 9.97 Å². The summed E-state index contributed by atoms with van der Waals surface area (Å²) in [7, 11) is 0. The second-order valence-electron chi connectivity index (χ2n) is 3.68. The van der Waals surface area contributed by atoms with E-state index in [1.807, 2.05) is 0 Å². The smallest absolute Gasteiger partial charge is 0.372 e. The van der Waals surface area contributed by atoms with E-state index in [2.05, 4.69) is 9.97 Å². The van der Waals surface area contributed by atoms with Crippen molar-refractivity contribution in [2.75, 3.05) is 5.73 Å². The molecule has 8 heteroatoms. The van der Waals surface area contributed by atoms with Crippen LogP contribution in [-0.2, 0) is 0 Å². The number of nitrogen functional groups attached to an aromatic ring is 1. The number of nitrogens with two attached hydrogens (primary N) is 1. The summed E-state index contributed by atoms with van der Waals surface area (Å²) in [5.41, 5.74) is 5.70. The van der Waals surface area contributed by atoms with Crippen molar-refractivity contribution in [3.05, 3.63) is 45.2 Å². The fourth-order valence-electron chi connectivity index (χ4n) is 1.45. The molecule has 0 saturated heterocycles. The highest BCUT2D eigenvalue weighted by Gasteiger charge is 2.23. The maximum absolute atomic E-state index is 10.9. The molecule has 0 aliphatic rings. The third kappa shape index (κ3) is 2.71. The van der Waals surface area contributed by atoms with Crippen LogP contribution in [0.5, 0.6) is 11.6 Å². The highest BCUT2D eigenvalue weighted by molar-refractivity contribution is 6.30. The van der Waals surface area contributed by atoms with Crippen molar-refractivity contribution in [2.45, 2.75) is 6.92 Å². The van der Waals surface area contributed by atoms with E-state index in [1.54, 1.807) is 25.1 Å². The topological polar surface area (TPSA) is 104 Å². The van der Waals surface area contributed by atoms with E-state index in [4.69, 9.17) is 22.1 Å². The molecule has 1 aromatic carbocycles. The fourth-order valence-corrected chi connectivity index (χ4v) is 1.68. The lowest BCUT2D eigenvalue weighted by Crippen LogP contribution is -2.03. The van der Waals surface area contributed by atoms with Gasteiger partial charge in [0.05, 0.1) is 4.92 Å². The first kappa shape index (κ1) is 13.0. The lowest BCUT2D eigenvalue weighted by Gasteiger charge is -2.08. The van der Waals surface area contributed by atoms with E-state index < -0.39 is 10.6 Å². The third-order valence-corrected chi connectivity index (χ3v) is 2.58. The summed E-state index contributed by atoms with van der Waals surface area (Å²) in [6, 6.07) is 4.88. The van der Waals surface area contributed by atoms with Crippen molar-refractivity contribution >= 4 is 23.1 Å². The Morgan fingerprint density at radius 3 is 2.79 bits per heavy atom. The van der Waals surface area contributed by atoms with Crippen LogP contribution < -0.4 is 10.5 Å². The van der Waals surface area contributed by atoms with Gasteiger partial charge in [0.1, 0.15) is 12.1 Å². The monoisotopic (exact) mass is 280 g/mol. The lowest BCUT2D eigenvalue weighted by atomic mass is 10.2. The largest absolute Gasteiger partial charge is 0.433 e. The molecule has 0 atom stereocenters. The van der Waals surface area contributed by atoms with Crippen LogP contribution in [0.4, 0.5) is 11.5 Å². The van der Waals surface area contributed by atoms with E-state index in [9.17, 15) is 10.1 Å². The summed E-state index contributed by atoms with van der Waals surface area (Å²) in [6.07, 6.45) is 1.10. The summed E-state index contributed by atoms with van der Waals surface area (Å²) in [5, 5.41) is 11.5. The van der Waals surface area contributed by atoms with Crippen LogP contribution in [0.15, 0.2) is 24.5 Å². The van der Waals surface area contributed by atoms with Crippen LogP contribution in [0.1, 0.15) is 5.56 Å². The molecule has 1 aromatic heterocycles. The normalized spacial score (nSPS) is 10.2. The first-order valence-electron chi connectivity index (χ1n) is 5.18. The zero-order valence-corrected chi connectivity index (χ0v) is 10.6. The Morgan fingerprint density at radius 1 is 1.42 bits per heavy atom. The Labute approximate surface area is 113 Å². The SMILES string of the molecule is Cc1cc(Cl)ccc1Oc1ncnc(N)c1[N+](=O)[O-]. The van der Waals surface area contributed by atoms with Gasteiger partial charge in [0.2, 0.25) is 5.82 Å². The summed E-state index contributed by atoms with van der Waals surface area (Å²) in [5.74, 6) is -0.0462. The highest BCUT2D eigenvalue weighted by atomic mass is 35.5. The summed E-state index contributed by atoms with van der Waals surface area (Å²) in [6.45, 7) is 1.76. The molecular weight excluding hydrogens is 272 g/mol. The molecule has 0 saturated carbocycles. The Morgan fingerprint density at radius 2 is 2.16 bits per heavy atom. The van der Waals surface area contributed by atoms with Gasteiger partial charge in [-0.15, -0.1) is 0 Å². The van der Waals surface area contributed by atoms with Gasteiger partial charge in [-0.1, -0.05) is 11.6 Å². The predicted octanol–water partition coefficient (Wildman–Crippen LogP) is 2.72. The molecule has 0 radical (unpaired) electrons. The van der Waals surface area contributed by atoms with Crippen molar-refractivity contribution in [1.29, 1.82) is 0 Å². The minimum Gasteiger partial charge on any atom is -0.433 e. The quantitative estimate of drug-likeness (QED) is 0.684. The van der Waals surface area contributed by atoms with Gasteiger partial charge < -0.3 is 10.5 Å². The van der Waals surface area contributed by atoms with Crippen molar-refractivity contribution < 1.29 is 9.66 Å². The number of benzene rings is 1. The number of halogens is 1. The van der Waals surface area contributed by atoms with Crippen LogP contribution in [-0.4, -0.2) is 14.9 Å². The van der Waals surface area contributed by atoms with Gasteiger partial charge in [-0.2, -0.15) is 4.98 Å². The Hall–Kier alpha value is -2.41. The van der Waals surface area contributed by atoms with E-state index in [0.717, 1.165) is 11.9 Å². The van der Waals surface area contributed by atoms with E-state index >= 15 is 0 Å². The second-order valence-corrected chi connectivity index (χ2v) is 4.12. The van der Waals surface area contributed by atoms with Gasteiger partial charge in [0, 0.05) is 5.02 Å². The summed E-state index contributed by atoms with van der Waals surface area (Å²) in [4.78, 5) is 17.5. The van der Waals surface area contributed by atoms with E-state index in [-0.39, 0.29) is 11.7 Å². The lowest BCUT2D eigenvalue weighted by molar-refractivity contribution is -0.385. The molecule has 0 aliphatic heterocycles. The Bertz CT molecular complexity index is 648. The third-order valence-electron chi connectivity index (χ3n) is 2.34. The van der Waals surface area contributed by atoms with E-state index in [1.165, 1.54) is 0 Å². The Balaban J connectivity index is 2.44. The molecule has 7 nitrogen and oxygen atoms in total. The number of aromatic nitrogens is 2. The zero-order chi connectivity index (χ0) is 14.0. The molecule has 2 aromatic rings. The molecule has 0 aliphatic carbocycles. The molecule has 0 fully saturated rings. The number of anilines is 1. The molecule has 1 heterocycles. The predicted molar refractivity (Wildman–Crippen MR) is 69.4 cm³/mol. The van der Waals surface area contributed by atoms with Gasteiger partial charge in [0.15, 0.2) is 0 Å². The minimum absolute atomic E-state index is 0.206. The number of nitrogens with zero attached hydrogens (tertiary/aromatic N) is 3. The molecule has 0 unspecified atom stereocenters. The van der Waals surface area contributed by atoms with Crippen LogP contribution in [0, 0.1) is 17.0 Å². The standard InChI is InChI=1S/C11H9ClN4O3/c1-6-4-7(12)2-3-8(6)19-11-9(16(17)18)10(13)14-5-15-11/h2-5H,1H3,(H2,13,14,15). The van der Waals surface area contributed by atoms with Crippen molar-refractivity contribution in [3.8, 4) is 11.6 Å². The molecule has 2 N–H and O–H groups in total. The molecule has 98 valence electrons. The van der Waals surface area contributed by atoms with Crippen LogP contribution >= 0.6 is 11.6 Å². The number of hydrogen-bond donors (Lipinski definition) is 1. The van der Waals surface area contributed by atoms with Crippen LogP contribution in [0.2, 0.25) is 5.02 Å². The molecule has 0 amide bonds. The number of aryl methyl sites for hydroxylation is 1. The van der Waals surface area contributed by atoms with Crippen LogP contribution in [0.25, 0.3) is 0 Å². The first-order valence-corrected chi connectivity index (χ1v) is 5.55. The zero-order valence-electron chi connectivity index (χ0n) is 9.83. The highest BCUT2D eigenvalue weighted by Crippen LogP contribution is 2.34.